The molecule has 102 valence electrons. The van der Waals surface area contributed by atoms with Gasteiger partial charge in [0.2, 0.25) is 0 Å². The Kier molecular flexibility index (Phi) is 5.22. The van der Waals surface area contributed by atoms with Crippen LogP contribution in [-0.4, -0.2) is 33.6 Å². The Labute approximate surface area is 112 Å². The molecule has 0 aliphatic carbocycles. The van der Waals surface area contributed by atoms with Gasteiger partial charge in [-0.3, -0.25) is 4.68 Å². The molecule has 1 aromatic rings. The monoisotopic (exact) mass is 271 g/mol. The normalized spacial score (nSPS) is 11.6. The van der Waals surface area contributed by atoms with Crippen molar-refractivity contribution in [3.05, 3.63) is 17.5 Å². The number of hydrogen-bond acceptors (Lipinski definition) is 5. The van der Waals surface area contributed by atoms with Gasteiger partial charge >= 0.3 is 5.97 Å². The predicted molar refractivity (Wildman–Crippen MR) is 73.6 cm³/mol. The van der Waals surface area contributed by atoms with Crippen molar-refractivity contribution in [3.63, 3.8) is 0 Å². The minimum absolute atomic E-state index is 0.215. The highest BCUT2D eigenvalue weighted by molar-refractivity contribution is 7.98. The highest BCUT2D eigenvalue weighted by Crippen LogP contribution is 2.19. The maximum absolute atomic E-state index is 11.7. The molecule has 0 atom stereocenters. The van der Waals surface area contributed by atoms with E-state index in [4.69, 9.17) is 10.5 Å². The summed E-state index contributed by atoms with van der Waals surface area (Å²) in [5.41, 5.74) is 7.13. The molecule has 0 aliphatic heterocycles. The molecule has 2 N–H and O–H groups in total. The molecular weight excluding hydrogens is 250 g/mol. The fraction of sp³-hybridized carbons (Fsp3) is 0.667. The number of nitrogens with two attached hydrogens (primary N) is 1. The van der Waals surface area contributed by atoms with E-state index in [-0.39, 0.29) is 11.5 Å². The number of carbonyl (C=O) groups is 1. The second-order valence-electron chi connectivity index (χ2n) is 4.83. The number of nitrogens with zero attached hydrogens (tertiary/aromatic N) is 2. The van der Waals surface area contributed by atoms with Crippen LogP contribution < -0.4 is 5.73 Å². The summed E-state index contributed by atoms with van der Waals surface area (Å²) in [5.74, 6) is 1.21. The Balaban J connectivity index is 2.70. The summed E-state index contributed by atoms with van der Waals surface area (Å²) in [4.78, 5) is 11.7. The molecule has 0 bridgehead atoms. The lowest BCUT2D eigenvalue weighted by Gasteiger charge is -2.17. The Morgan fingerprint density at radius 2 is 2.28 bits per heavy atom. The molecular formula is C12H21N3O2S. The number of thioether (sulfide) groups is 1. The average Bonchev–Trinajstić information content (AvgIpc) is 2.59. The standard InChI is InChI=1S/C12H21N3O2S/c1-5-17-11(16)9-6-14-15(4)10(9)7-18-8-12(2,3)13/h6H,5,7-8,13H2,1-4H3. The Morgan fingerprint density at radius 1 is 1.61 bits per heavy atom. The first-order valence-electron chi connectivity index (χ1n) is 5.89. The number of rotatable bonds is 6. The van der Waals surface area contributed by atoms with Crippen molar-refractivity contribution in [1.82, 2.24) is 9.78 Å². The van der Waals surface area contributed by atoms with Crippen LogP contribution >= 0.6 is 11.8 Å². The fourth-order valence-corrected chi connectivity index (χ4v) is 2.59. The van der Waals surface area contributed by atoms with E-state index in [9.17, 15) is 4.79 Å². The molecule has 1 rings (SSSR count). The maximum Gasteiger partial charge on any atom is 0.341 e. The Bertz CT molecular complexity index is 410. The van der Waals surface area contributed by atoms with Crippen LogP contribution in [0.15, 0.2) is 6.20 Å². The molecule has 0 saturated carbocycles. The summed E-state index contributed by atoms with van der Waals surface area (Å²) in [6.07, 6.45) is 1.56. The summed E-state index contributed by atoms with van der Waals surface area (Å²) in [6, 6.07) is 0. The molecule has 0 radical (unpaired) electrons. The smallest absolute Gasteiger partial charge is 0.341 e. The van der Waals surface area contributed by atoms with Crippen molar-refractivity contribution in [2.75, 3.05) is 12.4 Å². The second kappa shape index (κ2) is 6.24. The highest BCUT2D eigenvalue weighted by Gasteiger charge is 2.18. The van der Waals surface area contributed by atoms with E-state index in [1.807, 2.05) is 20.9 Å². The van der Waals surface area contributed by atoms with E-state index in [0.29, 0.717) is 17.9 Å². The largest absolute Gasteiger partial charge is 0.462 e. The third-order valence-electron chi connectivity index (χ3n) is 2.27. The van der Waals surface area contributed by atoms with E-state index >= 15 is 0 Å². The first-order chi connectivity index (χ1) is 8.35. The first kappa shape index (κ1) is 15.0. The molecule has 18 heavy (non-hydrogen) atoms. The van der Waals surface area contributed by atoms with Gasteiger partial charge in [0.15, 0.2) is 0 Å². The van der Waals surface area contributed by atoms with Crippen LogP contribution in [0.2, 0.25) is 0 Å². The molecule has 0 aliphatic rings. The van der Waals surface area contributed by atoms with Crippen LogP contribution in [0.3, 0.4) is 0 Å². The van der Waals surface area contributed by atoms with Gasteiger partial charge in [0.25, 0.3) is 0 Å². The third-order valence-corrected chi connectivity index (χ3v) is 3.70. The van der Waals surface area contributed by atoms with Crippen LogP contribution in [-0.2, 0) is 17.5 Å². The van der Waals surface area contributed by atoms with Crippen LogP contribution in [0.25, 0.3) is 0 Å². The van der Waals surface area contributed by atoms with Crippen LogP contribution in [0.5, 0.6) is 0 Å². The van der Waals surface area contributed by atoms with Crippen molar-refractivity contribution < 1.29 is 9.53 Å². The lowest BCUT2D eigenvalue weighted by atomic mass is 10.1. The number of aromatic nitrogens is 2. The van der Waals surface area contributed by atoms with E-state index in [2.05, 4.69) is 5.10 Å². The highest BCUT2D eigenvalue weighted by atomic mass is 32.2. The van der Waals surface area contributed by atoms with Crippen LogP contribution in [0.4, 0.5) is 0 Å². The van der Waals surface area contributed by atoms with Gasteiger partial charge in [-0.05, 0) is 20.8 Å². The lowest BCUT2D eigenvalue weighted by molar-refractivity contribution is 0.0525. The molecule has 5 nitrogen and oxygen atoms in total. The molecule has 1 aromatic heterocycles. The SMILES string of the molecule is CCOC(=O)c1cnn(C)c1CSCC(C)(C)N. The van der Waals surface area contributed by atoms with E-state index < -0.39 is 0 Å². The van der Waals surface area contributed by atoms with E-state index in [1.54, 1.807) is 29.6 Å². The Morgan fingerprint density at radius 3 is 2.83 bits per heavy atom. The summed E-state index contributed by atoms with van der Waals surface area (Å²) in [7, 11) is 1.83. The molecule has 0 fully saturated rings. The van der Waals surface area contributed by atoms with Gasteiger partial charge in [-0.1, -0.05) is 0 Å². The maximum atomic E-state index is 11.7. The second-order valence-corrected chi connectivity index (χ2v) is 5.82. The molecule has 0 spiro atoms. The zero-order valence-corrected chi connectivity index (χ0v) is 12.2. The van der Waals surface area contributed by atoms with Crippen LogP contribution in [0, 0.1) is 0 Å². The first-order valence-corrected chi connectivity index (χ1v) is 7.05. The van der Waals surface area contributed by atoms with Crippen molar-refractivity contribution >= 4 is 17.7 Å². The van der Waals surface area contributed by atoms with Crippen LogP contribution in [0.1, 0.15) is 36.8 Å². The number of carbonyl (C=O) groups excluding carboxylic acids is 1. The quantitative estimate of drug-likeness (QED) is 0.795. The number of esters is 1. The minimum Gasteiger partial charge on any atom is -0.462 e. The summed E-state index contributed by atoms with van der Waals surface area (Å²) >= 11 is 1.69. The molecule has 6 heteroatoms. The fourth-order valence-electron chi connectivity index (χ4n) is 1.42. The van der Waals surface area contributed by atoms with Gasteiger partial charge in [-0.25, -0.2) is 4.79 Å². The third kappa shape index (κ3) is 4.34. The van der Waals surface area contributed by atoms with Crippen molar-refractivity contribution in [1.29, 1.82) is 0 Å². The summed E-state index contributed by atoms with van der Waals surface area (Å²) in [5, 5.41) is 4.11. The van der Waals surface area contributed by atoms with Crippen molar-refractivity contribution in [2.45, 2.75) is 32.1 Å². The number of hydrogen-bond donors (Lipinski definition) is 1. The van der Waals surface area contributed by atoms with Gasteiger partial charge in [-0.15, -0.1) is 0 Å². The van der Waals surface area contributed by atoms with Crippen molar-refractivity contribution in [3.8, 4) is 0 Å². The topological polar surface area (TPSA) is 70.1 Å². The van der Waals surface area contributed by atoms with Gasteiger partial charge in [0.1, 0.15) is 5.56 Å². The number of ether oxygens (including phenoxy) is 1. The zero-order valence-electron chi connectivity index (χ0n) is 11.4. The zero-order chi connectivity index (χ0) is 13.8. The molecule has 0 amide bonds. The average molecular weight is 271 g/mol. The van der Waals surface area contributed by atoms with E-state index in [0.717, 1.165) is 11.4 Å². The van der Waals surface area contributed by atoms with Gasteiger partial charge in [0, 0.05) is 24.1 Å². The predicted octanol–water partition coefficient (Wildman–Crippen LogP) is 1.57. The Hall–Kier alpha value is -1.01. The molecule has 0 saturated heterocycles. The number of aryl methyl sites for hydroxylation is 1. The molecule has 0 unspecified atom stereocenters. The molecule has 1 heterocycles. The van der Waals surface area contributed by atoms with E-state index in [1.165, 1.54) is 0 Å². The molecule has 0 aromatic carbocycles. The summed E-state index contributed by atoms with van der Waals surface area (Å²) in [6.45, 7) is 6.13. The van der Waals surface area contributed by atoms with Crippen molar-refractivity contribution in [2.24, 2.45) is 12.8 Å². The minimum atomic E-state index is -0.312. The summed E-state index contributed by atoms with van der Waals surface area (Å²) < 4.78 is 6.71. The van der Waals surface area contributed by atoms with Gasteiger partial charge in [0.05, 0.1) is 18.5 Å². The van der Waals surface area contributed by atoms with Gasteiger partial charge in [-0.2, -0.15) is 16.9 Å². The lowest BCUT2D eigenvalue weighted by Crippen LogP contribution is -2.34. The van der Waals surface area contributed by atoms with Gasteiger partial charge < -0.3 is 10.5 Å².